The van der Waals surface area contributed by atoms with Gasteiger partial charge in [0.25, 0.3) is 0 Å². The van der Waals surface area contributed by atoms with Gasteiger partial charge in [-0.25, -0.2) is 13.8 Å². The van der Waals surface area contributed by atoms with Gasteiger partial charge in [-0.2, -0.15) is 0 Å². The number of hydrogen-bond donors (Lipinski definition) is 1. The number of nitrogens with zero attached hydrogens (tertiary/aromatic N) is 2. The lowest BCUT2D eigenvalue weighted by Gasteiger charge is -2.09. The number of halogens is 2. The Morgan fingerprint density at radius 2 is 2.08 bits per heavy atom. The van der Waals surface area contributed by atoms with Crippen LogP contribution in [0.4, 0.5) is 14.5 Å². The van der Waals surface area contributed by atoms with Crippen molar-refractivity contribution in [2.45, 2.75) is 11.7 Å². The number of ether oxygens (including phenoxy) is 1. The van der Waals surface area contributed by atoms with Crippen molar-refractivity contribution in [1.82, 2.24) is 9.55 Å². The molecule has 1 amide bonds. The Morgan fingerprint density at radius 3 is 2.88 bits per heavy atom. The van der Waals surface area contributed by atoms with Gasteiger partial charge in [-0.1, -0.05) is 23.9 Å². The number of carbonyl (C=O) groups excluding carboxylic acids is 1. The van der Waals surface area contributed by atoms with Crippen LogP contribution in [0.15, 0.2) is 47.6 Å². The SMILES string of the molecule is COCCn1c(SCC(=O)Nc2cc(F)ccc2F)nc2ccccc21. The summed E-state index contributed by atoms with van der Waals surface area (Å²) in [7, 11) is 1.62. The number of fused-ring (bicyclic) bond motifs is 1. The highest BCUT2D eigenvalue weighted by Gasteiger charge is 2.14. The van der Waals surface area contributed by atoms with Crippen LogP contribution in [0.25, 0.3) is 11.0 Å². The van der Waals surface area contributed by atoms with Crippen LogP contribution in [0, 0.1) is 11.6 Å². The molecule has 3 aromatic rings. The van der Waals surface area contributed by atoms with Crippen LogP contribution in [0.5, 0.6) is 0 Å². The number of methoxy groups -OCH3 is 1. The van der Waals surface area contributed by atoms with E-state index in [1.807, 2.05) is 28.8 Å². The fraction of sp³-hybridized carbons (Fsp3) is 0.222. The van der Waals surface area contributed by atoms with Gasteiger partial charge < -0.3 is 14.6 Å². The Kier molecular flexibility index (Phi) is 5.85. The lowest BCUT2D eigenvalue weighted by atomic mass is 10.3. The molecule has 8 heteroatoms. The minimum absolute atomic E-state index is 0.0201. The van der Waals surface area contributed by atoms with Gasteiger partial charge >= 0.3 is 0 Å². The zero-order valence-electron chi connectivity index (χ0n) is 14.0. The number of thioether (sulfide) groups is 1. The van der Waals surface area contributed by atoms with Gasteiger partial charge in [0, 0.05) is 19.7 Å². The van der Waals surface area contributed by atoms with Gasteiger partial charge in [0.2, 0.25) is 5.91 Å². The average molecular weight is 377 g/mol. The highest BCUT2D eigenvalue weighted by Crippen LogP contribution is 2.24. The Bertz CT molecular complexity index is 930. The molecule has 26 heavy (non-hydrogen) atoms. The maximum atomic E-state index is 13.6. The zero-order valence-corrected chi connectivity index (χ0v) is 14.9. The molecule has 0 aliphatic carbocycles. The molecule has 1 heterocycles. The van der Waals surface area contributed by atoms with Crippen molar-refractivity contribution in [2.24, 2.45) is 0 Å². The van der Waals surface area contributed by atoms with Crippen molar-refractivity contribution in [2.75, 3.05) is 24.8 Å². The number of nitrogens with one attached hydrogen (secondary N) is 1. The summed E-state index contributed by atoms with van der Waals surface area (Å²) >= 11 is 1.23. The summed E-state index contributed by atoms with van der Waals surface area (Å²) in [6.07, 6.45) is 0. The number of anilines is 1. The molecular weight excluding hydrogens is 360 g/mol. The van der Waals surface area contributed by atoms with E-state index in [4.69, 9.17) is 4.74 Å². The van der Waals surface area contributed by atoms with Crippen molar-refractivity contribution < 1.29 is 18.3 Å². The standard InChI is InChI=1S/C18H17F2N3O2S/c1-25-9-8-23-16-5-3-2-4-14(16)22-18(23)26-11-17(24)21-15-10-12(19)6-7-13(15)20/h2-7,10H,8-9,11H2,1H3,(H,21,24). The van der Waals surface area contributed by atoms with E-state index in [1.54, 1.807) is 7.11 Å². The number of aromatic nitrogens is 2. The lowest BCUT2D eigenvalue weighted by Crippen LogP contribution is -2.16. The molecule has 1 aromatic heterocycles. The number of para-hydroxylation sites is 2. The highest BCUT2D eigenvalue weighted by atomic mass is 32.2. The smallest absolute Gasteiger partial charge is 0.234 e. The van der Waals surface area contributed by atoms with E-state index in [9.17, 15) is 13.6 Å². The number of carbonyl (C=O) groups is 1. The number of benzene rings is 2. The largest absolute Gasteiger partial charge is 0.383 e. The predicted molar refractivity (Wildman–Crippen MR) is 97.3 cm³/mol. The van der Waals surface area contributed by atoms with E-state index in [0.29, 0.717) is 18.3 Å². The molecule has 0 aliphatic rings. The minimum atomic E-state index is -0.683. The monoisotopic (exact) mass is 377 g/mol. The van der Waals surface area contributed by atoms with Crippen molar-refractivity contribution in [3.63, 3.8) is 0 Å². The summed E-state index contributed by atoms with van der Waals surface area (Å²) in [6.45, 7) is 1.11. The van der Waals surface area contributed by atoms with E-state index >= 15 is 0 Å². The third kappa shape index (κ3) is 4.20. The van der Waals surface area contributed by atoms with Gasteiger partial charge in [0.15, 0.2) is 5.16 Å². The molecule has 0 atom stereocenters. The van der Waals surface area contributed by atoms with E-state index in [1.165, 1.54) is 11.8 Å². The van der Waals surface area contributed by atoms with E-state index in [2.05, 4.69) is 10.3 Å². The lowest BCUT2D eigenvalue weighted by molar-refractivity contribution is -0.113. The molecule has 0 spiro atoms. The normalized spacial score (nSPS) is 11.0. The second kappa shape index (κ2) is 8.29. The second-order valence-corrected chi connectivity index (χ2v) is 6.43. The van der Waals surface area contributed by atoms with Crippen LogP contribution >= 0.6 is 11.8 Å². The molecule has 1 N–H and O–H groups in total. The Morgan fingerprint density at radius 1 is 1.27 bits per heavy atom. The molecule has 0 bridgehead atoms. The van der Waals surface area contributed by atoms with Crippen molar-refractivity contribution in [3.8, 4) is 0 Å². The quantitative estimate of drug-likeness (QED) is 0.638. The van der Waals surface area contributed by atoms with Crippen LogP contribution in [-0.4, -0.2) is 34.9 Å². The summed E-state index contributed by atoms with van der Waals surface area (Å²) in [5.41, 5.74) is 1.59. The molecule has 0 radical (unpaired) electrons. The second-order valence-electron chi connectivity index (χ2n) is 5.49. The molecule has 0 saturated carbocycles. The molecule has 3 rings (SSSR count). The van der Waals surface area contributed by atoms with Gasteiger partial charge in [0.1, 0.15) is 11.6 Å². The zero-order chi connectivity index (χ0) is 18.5. The topological polar surface area (TPSA) is 56.1 Å². The molecule has 0 fully saturated rings. The summed E-state index contributed by atoms with van der Waals surface area (Å²) < 4.78 is 33.9. The minimum Gasteiger partial charge on any atom is -0.383 e. The van der Waals surface area contributed by atoms with E-state index in [-0.39, 0.29) is 11.4 Å². The number of amides is 1. The Labute approximate surface area is 153 Å². The average Bonchev–Trinajstić information content (AvgIpc) is 2.99. The van der Waals surface area contributed by atoms with Gasteiger partial charge in [-0.05, 0) is 24.3 Å². The summed E-state index contributed by atoms with van der Waals surface area (Å²) in [5, 5.41) is 3.05. The summed E-state index contributed by atoms with van der Waals surface area (Å²) in [6, 6.07) is 10.6. The molecular formula is C18H17F2N3O2S. The van der Waals surface area contributed by atoms with Crippen LogP contribution in [-0.2, 0) is 16.1 Å². The molecule has 5 nitrogen and oxygen atoms in total. The first-order valence-corrected chi connectivity index (χ1v) is 8.89. The van der Waals surface area contributed by atoms with Crippen molar-refractivity contribution in [3.05, 3.63) is 54.1 Å². The highest BCUT2D eigenvalue weighted by molar-refractivity contribution is 7.99. The van der Waals surface area contributed by atoms with Crippen LogP contribution < -0.4 is 5.32 Å². The Hall–Kier alpha value is -2.45. The van der Waals surface area contributed by atoms with Crippen LogP contribution in [0.3, 0.4) is 0 Å². The Balaban J connectivity index is 1.72. The number of hydrogen-bond acceptors (Lipinski definition) is 4. The maximum Gasteiger partial charge on any atom is 0.234 e. The third-order valence-corrected chi connectivity index (χ3v) is 4.65. The molecule has 136 valence electrons. The fourth-order valence-electron chi connectivity index (χ4n) is 2.47. The predicted octanol–water partition coefficient (Wildman–Crippen LogP) is 3.69. The number of imidazole rings is 1. The first-order valence-electron chi connectivity index (χ1n) is 7.90. The maximum absolute atomic E-state index is 13.6. The molecule has 0 unspecified atom stereocenters. The molecule has 2 aromatic carbocycles. The molecule has 0 saturated heterocycles. The van der Waals surface area contributed by atoms with Gasteiger partial charge in [0.05, 0.1) is 29.1 Å². The van der Waals surface area contributed by atoms with Crippen LogP contribution in [0.1, 0.15) is 0 Å². The first kappa shape index (κ1) is 18.3. The summed E-state index contributed by atoms with van der Waals surface area (Å²) in [5.74, 6) is -1.72. The van der Waals surface area contributed by atoms with Crippen LogP contribution in [0.2, 0.25) is 0 Å². The summed E-state index contributed by atoms with van der Waals surface area (Å²) in [4.78, 5) is 16.6. The van der Waals surface area contributed by atoms with E-state index < -0.39 is 17.5 Å². The van der Waals surface area contributed by atoms with Gasteiger partial charge in [-0.3, -0.25) is 4.79 Å². The number of rotatable bonds is 7. The first-order chi connectivity index (χ1) is 12.6. The van der Waals surface area contributed by atoms with Gasteiger partial charge in [-0.15, -0.1) is 0 Å². The third-order valence-electron chi connectivity index (χ3n) is 3.67. The molecule has 0 aliphatic heterocycles. The van der Waals surface area contributed by atoms with Crippen molar-refractivity contribution >= 4 is 34.4 Å². The van der Waals surface area contributed by atoms with Crippen molar-refractivity contribution in [1.29, 1.82) is 0 Å². The fourth-order valence-corrected chi connectivity index (χ4v) is 3.31. The van der Waals surface area contributed by atoms with E-state index in [0.717, 1.165) is 29.2 Å².